The first-order valence-corrected chi connectivity index (χ1v) is 8.68. The Balaban J connectivity index is 2.29. The highest BCUT2D eigenvalue weighted by molar-refractivity contribution is 14.1. The van der Waals surface area contributed by atoms with Crippen molar-refractivity contribution in [2.75, 3.05) is 0 Å². The Morgan fingerprint density at radius 2 is 1.86 bits per heavy atom. The summed E-state index contributed by atoms with van der Waals surface area (Å²) >= 11 is 7.90. The number of hydrogen-bond donors (Lipinski definition) is 0. The first-order chi connectivity index (χ1) is 9.91. The molecule has 108 valence electrons. The minimum Gasteiger partial charge on any atom is -0.224 e. The van der Waals surface area contributed by atoms with Gasteiger partial charge >= 0.3 is 0 Å². The summed E-state index contributed by atoms with van der Waals surface area (Å²) in [6.45, 7) is 1.88. The maximum Gasteiger partial charge on any atom is 0.284 e. The van der Waals surface area contributed by atoms with E-state index in [2.05, 4.69) is 15.1 Å². The Labute approximate surface area is 139 Å². The molecule has 0 bridgehead atoms. The molecule has 0 N–H and O–H groups in total. The number of halogens is 2. The van der Waals surface area contributed by atoms with Gasteiger partial charge in [0.15, 0.2) is 5.65 Å². The second-order valence-corrected chi connectivity index (χ2v) is 7.46. The van der Waals surface area contributed by atoms with Crippen LogP contribution in [0.15, 0.2) is 35.5 Å². The van der Waals surface area contributed by atoms with Crippen LogP contribution in [0.4, 0.5) is 0 Å². The fourth-order valence-electron chi connectivity index (χ4n) is 1.83. The number of nitrogens with zero attached hydrogens (tertiary/aromatic N) is 4. The van der Waals surface area contributed by atoms with E-state index in [9.17, 15) is 8.42 Å². The van der Waals surface area contributed by atoms with E-state index in [1.165, 1.54) is 18.5 Å². The molecule has 0 spiro atoms. The van der Waals surface area contributed by atoms with Gasteiger partial charge in [0.1, 0.15) is 15.2 Å². The molecule has 0 radical (unpaired) electrons. The molecule has 9 heteroatoms. The van der Waals surface area contributed by atoms with Crippen molar-refractivity contribution in [2.45, 2.75) is 11.8 Å². The molecule has 2 aromatic heterocycles. The lowest BCUT2D eigenvalue weighted by molar-refractivity contribution is 0.581. The number of aromatic nitrogens is 4. The molecular formula is C12H8ClIN4O2S. The third-order valence-corrected chi connectivity index (χ3v) is 5.51. The molecule has 21 heavy (non-hydrogen) atoms. The molecule has 0 amide bonds. The highest BCUT2D eigenvalue weighted by Gasteiger charge is 2.24. The number of rotatable bonds is 2. The maximum atomic E-state index is 12.7. The van der Waals surface area contributed by atoms with Crippen LogP contribution in [0.2, 0.25) is 5.15 Å². The van der Waals surface area contributed by atoms with E-state index in [-0.39, 0.29) is 15.7 Å². The van der Waals surface area contributed by atoms with Crippen LogP contribution in [0.25, 0.3) is 11.0 Å². The first-order valence-electron chi connectivity index (χ1n) is 5.78. The van der Waals surface area contributed by atoms with Crippen molar-refractivity contribution in [3.63, 3.8) is 0 Å². The lowest BCUT2D eigenvalue weighted by Crippen LogP contribution is -2.15. The zero-order chi connectivity index (χ0) is 15.2. The zero-order valence-corrected chi connectivity index (χ0v) is 14.4. The topological polar surface area (TPSA) is 77.7 Å². The van der Waals surface area contributed by atoms with Crippen LogP contribution in [-0.4, -0.2) is 27.6 Å². The second-order valence-electron chi connectivity index (χ2n) is 4.31. The van der Waals surface area contributed by atoms with Gasteiger partial charge in [0.05, 0.1) is 10.3 Å². The van der Waals surface area contributed by atoms with Crippen LogP contribution >= 0.6 is 34.2 Å². The number of hydrogen-bond acceptors (Lipinski definition) is 5. The summed E-state index contributed by atoms with van der Waals surface area (Å²) in [5.74, 6) is 0. The van der Waals surface area contributed by atoms with Crippen LogP contribution in [0, 0.1) is 10.6 Å². The van der Waals surface area contributed by atoms with E-state index in [1.807, 2.05) is 29.5 Å². The largest absolute Gasteiger partial charge is 0.284 e. The second kappa shape index (κ2) is 5.18. The van der Waals surface area contributed by atoms with E-state index in [0.29, 0.717) is 9.09 Å². The molecule has 0 aliphatic heterocycles. The summed E-state index contributed by atoms with van der Waals surface area (Å²) in [7, 11) is -3.83. The van der Waals surface area contributed by atoms with Crippen molar-refractivity contribution in [1.82, 2.24) is 19.2 Å². The minimum absolute atomic E-state index is 0.142. The van der Waals surface area contributed by atoms with Crippen LogP contribution in [-0.2, 0) is 10.0 Å². The molecular weight excluding hydrogens is 427 g/mol. The average molecular weight is 435 g/mol. The van der Waals surface area contributed by atoms with Gasteiger partial charge in [-0.05, 0) is 41.6 Å². The van der Waals surface area contributed by atoms with Crippen LogP contribution in [0.1, 0.15) is 5.56 Å². The summed E-state index contributed by atoms with van der Waals surface area (Å²) in [4.78, 5) is 7.98. The predicted molar refractivity (Wildman–Crippen MR) is 86.8 cm³/mol. The highest BCUT2D eigenvalue weighted by Crippen LogP contribution is 2.27. The summed E-state index contributed by atoms with van der Waals surface area (Å²) in [5.41, 5.74) is 1.14. The number of benzene rings is 1. The van der Waals surface area contributed by atoms with Crippen molar-refractivity contribution < 1.29 is 8.42 Å². The van der Waals surface area contributed by atoms with Gasteiger partial charge in [0.2, 0.25) is 0 Å². The predicted octanol–water partition coefficient (Wildman–Crippen LogP) is 2.63. The van der Waals surface area contributed by atoms with Crippen molar-refractivity contribution in [3.05, 3.63) is 45.0 Å². The molecule has 0 fully saturated rings. The molecule has 3 aromatic rings. The Hall–Kier alpha value is -1.26. The van der Waals surface area contributed by atoms with Gasteiger partial charge in [-0.2, -0.15) is 8.42 Å². The van der Waals surface area contributed by atoms with Crippen LogP contribution < -0.4 is 0 Å². The molecule has 0 saturated carbocycles. The van der Waals surface area contributed by atoms with Gasteiger partial charge in [-0.1, -0.05) is 29.3 Å². The van der Waals surface area contributed by atoms with E-state index in [4.69, 9.17) is 11.6 Å². The molecule has 0 unspecified atom stereocenters. The first kappa shape index (κ1) is 14.7. The van der Waals surface area contributed by atoms with Crippen molar-refractivity contribution in [2.24, 2.45) is 0 Å². The lowest BCUT2D eigenvalue weighted by atomic mass is 10.2. The number of aryl methyl sites for hydroxylation is 1. The number of fused-ring (bicyclic) bond motifs is 1. The van der Waals surface area contributed by atoms with E-state index in [1.54, 1.807) is 12.1 Å². The maximum absolute atomic E-state index is 12.7. The van der Waals surface area contributed by atoms with Gasteiger partial charge in [-0.25, -0.2) is 9.97 Å². The molecule has 2 heterocycles. The molecule has 0 saturated heterocycles. The summed E-state index contributed by atoms with van der Waals surface area (Å²) in [5, 5.41) is 4.65. The zero-order valence-electron chi connectivity index (χ0n) is 10.7. The lowest BCUT2D eigenvalue weighted by Gasteiger charge is -2.05. The molecule has 1 aromatic carbocycles. The molecule has 0 aliphatic carbocycles. The van der Waals surface area contributed by atoms with Gasteiger partial charge in [-0.3, -0.25) is 0 Å². The van der Waals surface area contributed by atoms with Crippen molar-refractivity contribution >= 4 is 55.2 Å². The third kappa shape index (κ3) is 2.40. The fraction of sp³-hybridized carbons (Fsp3) is 0.0833. The Morgan fingerprint density at radius 3 is 2.52 bits per heavy atom. The summed E-state index contributed by atoms with van der Waals surface area (Å²) in [6, 6.07) is 6.53. The quantitative estimate of drug-likeness (QED) is 0.458. The normalized spacial score (nSPS) is 12.0. The van der Waals surface area contributed by atoms with Gasteiger partial charge in [0, 0.05) is 0 Å². The molecule has 6 nitrogen and oxygen atoms in total. The summed E-state index contributed by atoms with van der Waals surface area (Å²) < 4.78 is 26.7. The van der Waals surface area contributed by atoms with Gasteiger partial charge < -0.3 is 0 Å². The smallest absolute Gasteiger partial charge is 0.224 e. The Bertz CT molecular complexity index is 938. The molecule has 0 atom stereocenters. The minimum atomic E-state index is -3.83. The fourth-order valence-corrected chi connectivity index (χ4v) is 4.30. The Kier molecular flexibility index (Phi) is 3.62. The highest BCUT2D eigenvalue weighted by atomic mass is 127. The standard InChI is InChI=1S/C12H8ClIN4O2S/c1-7-2-4-8(5-3-7)21(19,20)18-12-9(11(14)17-18)10(13)15-6-16-12/h2-6H,1H3. The van der Waals surface area contributed by atoms with Crippen LogP contribution in [0.3, 0.4) is 0 Å². The van der Waals surface area contributed by atoms with Gasteiger partial charge in [-0.15, -0.1) is 9.19 Å². The average Bonchev–Trinajstić information content (AvgIpc) is 2.79. The van der Waals surface area contributed by atoms with E-state index in [0.717, 1.165) is 9.65 Å². The third-order valence-electron chi connectivity index (χ3n) is 2.89. The molecule has 3 rings (SSSR count). The van der Waals surface area contributed by atoms with Crippen molar-refractivity contribution in [1.29, 1.82) is 0 Å². The van der Waals surface area contributed by atoms with Crippen LogP contribution in [0.5, 0.6) is 0 Å². The Morgan fingerprint density at radius 1 is 1.19 bits per heavy atom. The van der Waals surface area contributed by atoms with E-state index < -0.39 is 10.0 Å². The monoisotopic (exact) mass is 434 g/mol. The molecule has 0 aliphatic rings. The van der Waals surface area contributed by atoms with Gasteiger partial charge in [0.25, 0.3) is 10.0 Å². The van der Waals surface area contributed by atoms with Crippen molar-refractivity contribution in [3.8, 4) is 0 Å². The SMILES string of the molecule is Cc1ccc(S(=O)(=O)n2nc(I)c3c(Cl)ncnc32)cc1. The van der Waals surface area contributed by atoms with E-state index >= 15 is 0 Å². The summed E-state index contributed by atoms with van der Waals surface area (Å²) in [6.07, 6.45) is 1.21.